The number of hydrogen-bond donors (Lipinski definition) is 0. The lowest BCUT2D eigenvalue weighted by Crippen LogP contribution is -1.93. The lowest BCUT2D eigenvalue weighted by molar-refractivity contribution is 0.672. The summed E-state index contributed by atoms with van der Waals surface area (Å²) in [5.41, 5.74) is 0.509. The van der Waals surface area contributed by atoms with Crippen LogP contribution >= 0.6 is 11.6 Å². The first-order valence-corrected chi connectivity index (χ1v) is 3.57. The summed E-state index contributed by atoms with van der Waals surface area (Å²) in [6.07, 6.45) is 0. The van der Waals surface area contributed by atoms with Gasteiger partial charge in [-0.3, -0.25) is 9.98 Å². The molecule has 0 heterocycles. The molecule has 0 aliphatic carbocycles. The zero-order chi connectivity index (χ0) is 9.72. The van der Waals surface area contributed by atoms with E-state index in [1.54, 1.807) is 6.92 Å². The van der Waals surface area contributed by atoms with Gasteiger partial charge in [0.1, 0.15) is 5.70 Å². The highest BCUT2D eigenvalue weighted by Crippen LogP contribution is 2.17. The maximum Gasteiger partial charge on any atom is 0.185 e. The topological polar surface area (TPSA) is 24.7 Å². The minimum Gasteiger partial charge on any atom is -0.274 e. The van der Waals surface area contributed by atoms with Crippen molar-refractivity contribution < 1.29 is 4.39 Å². The molecule has 0 aromatic carbocycles. The van der Waals surface area contributed by atoms with Crippen LogP contribution in [-0.4, -0.2) is 18.9 Å². The SMILES string of the molecule is C=N/C(C(=C)C)=C(\F)C(Cl)=NC. The van der Waals surface area contributed by atoms with Crippen LogP contribution in [0.4, 0.5) is 4.39 Å². The van der Waals surface area contributed by atoms with Gasteiger partial charge in [-0.1, -0.05) is 18.2 Å². The minimum atomic E-state index is -0.693. The van der Waals surface area contributed by atoms with E-state index in [2.05, 4.69) is 23.3 Å². The first-order chi connectivity index (χ1) is 5.54. The summed E-state index contributed by atoms with van der Waals surface area (Å²) < 4.78 is 13.1. The number of nitrogens with zero attached hydrogens (tertiary/aromatic N) is 2. The predicted octanol–water partition coefficient (Wildman–Crippen LogP) is 2.71. The Hall–Kier alpha value is -0.960. The van der Waals surface area contributed by atoms with Crippen LogP contribution in [0.5, 0.6) is 0 Å². The van der Waals surface area contributed by atoms with Crippen LogP contribution in [0.25, 0.3) is 0 Å². The second kappa shape index (κ2) is 4.83. The Morgan fingerprint density at radius 1 is 1.50 bits per heavy atom. The van der Waals surface area contributed by atoms with Gasteiger partial charge in [0, 0.05) is 7.05 Å². The predicted molar refractivity (Wildman–Crippen MR) is 51.7 cm³/mol. The molecule has 0 saturated carbocycles. The second-order valence-electron chi connectivity index (χ2n) is 2.12. The van der Waals surface area contributed by atoms with E-state index in [9.17, 15) is 4.39 Å². The Labute approximate surface area is 76.2 Å². The van der Waals surface area contributed by atoms with Crippen LogP contribution in [-0.2, 0) is 0 Å². The molecule has 0 aromatic rings. The highest BCUT2D eigenvalue weighted by molar-refractivity contribution is 6.69. The summed E-state index contributed by atoms with van der Waals surface area (Å²) >= 11 is 5.42. The maximum absolute atomic E-state index is 13.1. The maximum atomic E-state index is 13.1. The minimum absolute atomic E-state index is 0.0469. The molecule has 66 valence electrons. The van der Waals surface area contributed by atoms with Gasteiger partial charge >= 0.3 is 0 Å². The fourth-order valence-corrected chi connectivity index (χ4v) is 0.677. The third-order valence-corrected chi connectivity index (χ3v) is 1.48. The molecule has 0 bridgehead atoms. The molecule has 0 aliphatic heterocycles. The monoisotopic (exact) mass is 188 g/mol. The number of rotatable bonds is 3. The van der Waals surface area contributed by atoms with E-state index in [0.717, 1.165) is 0 Å². The Morgan fingerprint density at radius 2 is 2.00 bits per heavy atom. The molecule has 0 atom stereocenters. The third-order valence-electron chi connectivity index (χ3n) is 1.15. The smallest absolute Gasteiger partial charge is 0.185 e. The number of halogens is 2. The van der Waals surface area contributed by atoms with Crippen LogP contribution < -0.4 is 0 Å². The largest absolute Gasteiger partial charge is 0.274 e. The molecule has 0 fully saturated rings. The van der Waals surface area contributed by atoms with Gasteiger partial charge < -0.3 is 0 Å². The molecule has 0 rings (SSSR count). The molecule has 0 aliphatic rings. The van der Waals surface area contributed by atoms with Crippen molar-refractivity contribution in [3.8, 4) is 0 Å². The van der Waals surface area contributed by atoms with Crippen LogP contribution in [0.15, 0.2) is 33.7 Å². The molecule has 0 amide bonds. The Kier molecular flexibility index (Phi) is 4.44. The molecule has 0 unspecified atom stereocenters. The summed E-state index contributed by atoms with van der Waals surface area (Å²) in [6.45, 7) is 8.33. The molecule has 0 radical (unpaired) electrons. The molecular formula is C8H10ClFN2. The molecule has 4 heteroatoms. The van der Waals surface area contributed by atoms with Crippen molar-refractivity contribution in [3.63, 3.8) is 0 Å². The third kappa shape index (κ3) is 2.58. The highest BCUT2D eigenvalue weighted by Gasteiger charge is 2.09. The van der Waals surface area contributed by atoms with E-state index in [0.29, 0.717) is 5.57 Å². The summed E-state index contributed by atoms with van der Waals surface area (Å²) in [5, 5.41) is -0.222. The van der Waals surface area contributed by atoms with Gasteiger partial charge in [-0.05, 0) is 19.2 Å². The standard InChI is InChI=1S/C8H10ClFN2/c1-5(2)7(11-3)6(10)8(9)12-4/h1,3H2,2,4H3/b7-6-,12-8?. The molecule has 0 saturated heterocycles. The first-order valence-electron chi connectivity index (χ1n) is 3.19. The first kappa shape index (κ1) is 11.0. The summed E-state index contributed by atoms with van der Waals surface area (Å²) in [7, 11) is 1.39. The Bertz CT molecular complexity index is 266. The van der Waals surface area contributed by atoms with Crippen LogP contribution in [0.1, 0.15) is 6.92 Å². The van der Waals surface area contributed by atoms with Crippen molar-refractivity contribution in [3.05, 3.63) is 23.7 Å². The lowest BCUT2D eigenvalue weighted by Gasteiger charge is -2.00. The van der Waals surface area contributed by atoms with Gasteiger partial charge in [0.2, 0.25) is 0 Å². The zero-order valence-corrected chi connectivity index (χ0v) is 7.82. The van der Waals surface area contributed by atoms with E-state index >= 15 is 0 Å². The van der Waals surface area contributed by atoms with Crippen molar-refractivity contribution >= 4 is 23.5 Å². The van der Waals surface area contributed by atoms with Gasteiger partial charge in [0.05, 0.1) is 0 Å². The highest BCUT2D eigenvalue weighted by atomic mass is 35.5. The summed E-state index contributed by atoms with van der Waals surface area (Å²) in [6, 6.07) is 0. The average molecular weight is 189 g/mol. The second-order valence-corrected chi connectivity index (χ2v) is 2.47. The molecular weight excluding hydrogens is 179 g/mol. The molecule has 0 N–H and O–H groups in total. The molecule has 0 spiro atoms. The number of aliphatic imine (C=N–C) groups is 2. The molecule has 12 heavy (non-hydrogen) atoms. The van der Waals surface area contributed by atoms with Gasteiger partial charge in [0.15, 0.2) is 11.0 Å². The van der Waals surface area contributed by atoms with Crippen molar-refractivity contribution in [2.24, 2.45) is 9.98 Å². The van der Waals surface area contributed by atoms with E-state index in [1.165, 1.54) is 7.05 Å². The molecule has 0 aromatic heterocycles. The van der Waals surface area contributed by atoms with Crippen molar-refractivity contribution in [1.29, 1.82) is 0 Å². The Balaban J connectivity index is 5.12. The van der Waals surface area contributed by atoms with Gasteiger partial charge in [-0.2, -0.15) is 0 Å². The van der Waals surface area contributed by atoms with Gasteiger partial charge in [0.25, 0.3) is 0 Å². The Morgan fingerprint density at radius 3 is 2.25 bits per heavy atom. The lowest BCUT2D eigenvalue weighted by atomic mass is 10.2. The summed E-state index contributed by atoms with van der Waals surface area (Å²) in [5.74, 6) is -0.693. The fourth-order valence-electron chi connectivity index (χ4n) is 0.588. The van der Waals surface area contributed by atoms with E-state index in [-0.39, 0.29) is 10.9 Å². The number of allylic oxidation sites excluding steroid dienone is 2. The van der Waals surface area contributed by atoms with Crippen LogP contribution in [0.3, 0.4) is 0 Å². The average Bonchev–Trinajstić information content (AvgIpc) is 2.03. The fraction of sp³-hybridized carbons (Fsp3) is 0.250. The van der Waals surface area contributed by atoms with E-state index in [1.807, 2.05) is 0 Å². The van der Waals surface area contributed by atoms with Crippen molar-refractivity contribution in [2.75, 3.05) is 7.05 Å². The van der Waals surface area contributed by atoms with Gasteiger partial charge in [-0.25, -0.2) is 4.39 Å². The molecule has 2 nitrogen and oxygen atoms in total. The van der Waals surface area contributed by atoms with Crippen molar-refractivity contribution in [2.45, 2.75) is 6.92 Å². The summed E-state index contributed by atoms with van der Waals surface area (Å²) in [4.78, 5) is 6.91. The zero-order valence-electron chi connectivity index (χ0n) is 7.06. The van der Waals surface area contributed by atoms with E-state index < -0.39 is 5.83 Å². The van der Waals surface area contributed by atoms with E-state index in [4.69, 9.17) is 11.6 Å². The van der Waals surface area contributed by atoms with Gasteiger partial charge in [-0.15, -0.1) is 0 Å². The number of hydrogen-bond acceptors (Lipinski definition) is 2. The quantitative estimate of drug-likeness (QED) is 0.481. The van der Waals surface area contributed by atoms with Crippen molar-refractivity contribution in [1.82, 2.24) is 0 Å². The van der Waals surface area contributed by atoms with Crippen LogP contribution in [0, 0.1) is 0 Å². The van der Waals surface area contributed by atoms with Crippen LogP contribution in [0.2, 0.25) is 0 Å². The normalized spacial score (nSPS) is 13.8.